The van der Waals surface area contributed by atoms with E-state index in [2.05, 4.69) is 5.32 Å². The van der Waals surface area contributed by atoms with Crippen molar-refractivity contribution in [1.82, 2.24) is 5.32 Å². The standard InChI is InChI=1S/C17H22N2O5/c1-11-9-12(2)14(19(23)24)10-13(11)15(20)18-17(16(21)22)7-5-3-4-6-8-17/h9-10H,3-8H2,1-2H3,(H,18,20)(H,21,22). The van der Waals surface area contributed by atoms with Gasteiger partial charge >= 0.3 is 5.97 Å². The van der Waals surface area contributed by atoms with E-state index >= 15 is 0 Å². The van der Waals surface area contributed by atoms with Crippen molar-refractivity contribution >= 4 is 17.6 Å². The molecule has 1 aliphatic carbocycles. The van der Waals surface area contributed by atoms with Crippen LogP contribution in [0.25, 0.3) is 0 Å². The van der Waals surface area contributed by atoms with Gasteiger partial charge in [-0.3, -0.25) is 14.9 Å². The molecule has 0 heterocycles. The Morgan fingerprint density at radius 3 is 2.21 bits per heavy atom. The maximum absolute atomic E-state index is 12.6. The van der Waals surface area contributed by atoms with Crippen LogP contribution in [0.2, 0.25) is 0 Å². The third kappa shape index (κ3) is 3.55. The number of amides is 1. The zero-order valence-corrected chi connectivity index (χ0v) is 13.9. The lowest BCUT2D eigenvalue weighted by molar-refractivity contribution is -0.385. The highest BCUT2D eigenvalue weighted by molar-refractivity contribution is 5.99. The average Bonchev–Trinajstić information content (AvgIpc) is 2.73. The summed E-state index contributed by atoms with van der Waals surface area (Å²) in [5.41, 5.74) is -0.228. The van der Waals surface area contributed by atoms with Gasteiger partial charge in [-0.05, 0) is 38.3 Å². The molecule has 2 N–H and O–H groups in total. The number of nitrogens with zero attached hydrogens (tertiary/aromatic N) is 1. The highest BCUT2D eigenvalue weighted by atomic mass is 16.6. The Hall–Kier alpha value is -2.44. The largest absolute Gasteiger partial charge is 0.480 e. The minimum atomic E-state index is -1.29. The maximum Gasteiger partial charge on any atom is 0.329 e. The van der Waals surface area contributed by atoms with Gasteiger partial charge in [-0.15, -0.1) is 0 Å². The summed E-state index contributed by atoms with van der Waals surface area (Å²) < 4.78 is 0. The fourth-order valence-corrected chi connectivity index (χ4v) is 3.29. The third-order valence-electron chi connectivity index (χ3n) is 4.70. The number of carbonyl (C=O) groups excluding carboxylic acids is 1. The third-order valence-corrected chi connectivity index (χ3v) is 4.70. The molecular weight excluding hydrogens is 312 g/mol. The lowest BCUT2D eigenvalue weighted by atomic mass is 9.89. The average molecular weight is 334 g/mol. The molecule has 2 rings (SSSR count). The van der Waals surface area contributed by atoms with Crippen LogP contribution in [-0.2, 0) is 4.79 Å². The van der Waals surface area contributed by atoms with E-state index in [1.807, 2.05) is 0 Å². The van der Waals surface area contributed by atoms with E-state index in [0.29, 0.717) is 24.0 Å². The van der Waals surface area contributed by atoms with Gasteiger partial charge in [0.1, 0.15) is 5.54 Å². The van der Waals surface area contributed by atoms with E-state index in [9.17, 15) is 24.8 Å². The predicted molar refractivity (Wildman–Crippen MR) is 88.1 cm³/mol. The van der Waals surface area contributed by atoms with E-state index in [1.165, 1.54) is 6.07 Å². The van der Waals surface area contributed by atoms with Gasteiger partial charge in [-0.2, -0.15) is 0 Å². The highest BCUT2D eigenvalue weighted by Gasteiger charge is 2.40. The minimum Gasteiger partial charge on any atom is -0.480 e. The molecule has 1 aromatic carbocycles. The van der Waals surface area contributed by atoms with E-state index in [0.717, 1.165) is 25.7 Å². The Bertz CT molecular complexity index is 676. The molecular formula is C17H22N2O5. The summed E-state index contributed by atoms with van der Waals surface area (Å²) in [5, 5.41) is 23.4. The monoisotopic (exact) mass is 334 g/mol. The molecule has 1 aliphatic rings. The quantitative estimate of drug-likeness (QED) is 0.499. The zero-order chi connectivity index (χ0) is 17.9. The van der Waals surface area contributed by atoms with Crippen LogP contribution in [0.3, 0.4) is 0 Å². The minimum absolute atomic E-state index is 0.143. The number of hydrogen-bond donors (Lipinski definition) is 2. The molecule has 0 aromatic heterocycles. The van der Waals surface area contributed by atoms with Gasteiger partial charge in [0.15, 0.2) is 0 Å². The van der Waals surface area contributed by atoms with E-state index in [-0.39, 0.29) is 11.3 Å². The summed E-state index contributed by atoms with van der Waals surface area (Å²) in [5.74, 6) is -1.61. The molecule has 0 atom stereocenters. The van der Waals surface area contributed by atoms with Crippen LogP contribution in [0.1, 0.15) is 60.0 Å². The zero-order valence-electron chi connectivity index (χ0n) is 13.9. The number of benzene rings is 1. The maximum atomic E-state index is 12.6. The summed E-state index contributed by atoms with van der Waals surface area (Å²) in [6.45, 7) is 3.29. The Balaban J connectivity index is 2.35. The molecule has 1 amide bonds. The first-order valence-corrected chi connectivity index (χ1v) is 8.08. The number of carbonyl (C=O) groups is 2. The van der Waals surface area contributed by atoms with E-state index < -0.39 is 22.3 Å². The number of hydrogen-bond acceptors (Lipinski definition) is 4. The van der Waals surface area contributed by atoms with Crippen LogP contribution in [0, 0.1) is 24.0 Å². The second-order valence-electron chi connectivity index (χ2n) is 6.47. The topological polar surface area (TPSA) is 110 Å². The smallest absolute Gasteiger partial charge is 0.329 e. The van der Waals surface area contributed by atoms with E-state index in [4.69, 9.17) is 0 Å². The van der Waals surface area contributed by atoms with Crippen molar-refractivity contribution in [3.8, 4) is 0 Å². The summed E-state index contributed by atoms with van der Waals surface area (Å²) in [6, 6.07) is 2.81. The van der Waals surface area contributed by atoms with Crippen LogP contribution in [0.15, 0.2) is 12.1 Å². The van der Waals surface area contributed by atoms with Crippen molar-refractivity contribution in [2.75, 3.05) is 0 Å². The summed E-state index contributed by atoms with van der Waals surface area (Å²) >= 11 is 0. The van der Waals surface area contributed by atoms with Gasteiger partial charge in [0.2, 0.25) is 0 Å². The van der Waals surface area contributed by atoms with Gasteiger partial charge in [-0.1, -0.05) is 25.7 Å². The van der Waals surface area contributed by atoms with Crippen LogP contribution in [-0.4, -0.2) is 27.4 Å². The normalized spacial score (nSPS) is 16.9. The number of nitro benzene ring substituents is 1. The Morgan fingerprint density at radius 2 is 1.71 bits per heavy atom. The lowest BCUT2D eigenvalue weighted by Gasteiger charge is -2.29. The molecule has 130 valence electrons. The molecule has 0 spiro atoms. The molecule has 1 saturated carbocycles. The second-order valence-corrected chi connectivity index (χ2v) is 6.47. The second kappa shape index (κ2) is 6.98. The molecule has 0 aliphatic heterocycles. The molecule has 0 unspecified atom stereocenters. The lowest BCUT2D eigenvalue weighted by Crippen LogP contribution is -2.54. The van der Waals surface area contributed by atoms with Gasteiger partial charge in [-0.25, -0.2) is 4.79 Å². The number of aliphatic carboxylic acids is 1. The SMILES string of the molecule is Cc1cc(C)c([N+](=O)[O-])cc1C(=O)NC1(C(=O)O)CCCCCC1. The van der Waals surface area contributed by atoms with Crippen molar-refractivity contribution in [2.24, 2.45) is 0 Å². The Kier molecular flexibility index (Phi) is 5.21. The van der Waals surface area contributed by atoms with Crippen LogP contribution in [0.5, 0.6) is 0 Å². The first-order valence-electron chi connectivity index (χ1n) is 8.08. The first-order chi connectivity index (χ1) is 11.3. The van der Waals surface area contributed by atoms with Crippen LogP contribution < -0.4 is 5.32 Å². The number of carboxylic acids is 1. The van der Waals surface area contributed by atoms with Gasteiger partial charge < -0.3 is 10.4 Å². The fraction of sp³-hybridized carbons (Fsp3) is 0.529. The Labute approximate surface area is 140 Å². The first kappa shape index (κ1) is 17.9. The number of carboxylic acid groups (broad SMARTS) is 1. The van der Waals surface area contributed by atoms with Crippen molar-refractivity contribution < 1.29 is 19.6 Å². The number of nitro groups is 1. The molecule has 0 saturated heterocycles. The molecule has 7 nitrogen and oxygen atoms in total. The number of rotatable bonds is 4. The van der Waals surface area contributed by atoms with Gasteiger partial charge in [0.05, 0.1) is 4.92 Å². The summed E-state index contributed by atoms with van der Waals surface area (Å²) in [4.78, 5) is 35.0. The predicted octanol–water partition coefficient (Wildman–Crippen LogP) is 3.12. The highest BCUT2D eigenvalue weighted by Crippen LogP contribution is 2.29. The fourth-order valence-electron chi connectivity index (χ4n) is 3.29. The molecule has 7 heteroatoms. The molecule has 1 fully saturated rings. The van der Waals surface area contributed by atoms with Crippen molar-refractivity contribution in [3.63, 3.8) is 0 Å². The van der Waals surface area contributed by atoms with Crippen molar-refractivity contribution in [2.45, 2.75) is 57.9 Å². The summed E-state index contributed by atoms with van der Waals surface area (Å²) in [7, 11) is 0. The molecule has 1 aromatic rings. The number of aryl methyl sites for hydroxylation is 2. The van der Waals surface area contributed by atoms with Gasteiger partial charge in [0.25, 0.3) is 11.6 Å². The summed E-state index contributed by atoms with van der Waals surface area (Å²) in [6.07, 6.45) is 4.11. The van der Waals surface area contributed by atoms with E-state index in [1.54, 1.807) is 19.9 Å². The van der Waals surface area contributed by atoms with Crippen LogP contribution >= 0.6 is 0 Å². The molecule has 0 radical (unpaired) electrons. The number of nitrogens with one attached hydrogen (secondary N) is 1. The molecule has 0 bridgehead atoms. The van der Waals surface area contributed by atoms with Gasteiger partial charge in [0, 0.05) is 17.2 Å². The Morgan fingerprint density at radius 1 is 1.12 bits per heavy atom. The van der Waals surface area contributed by atoms with Crippen LogP contribution in [0.4, 0.5) is 5.69 Å². The van der Waals surface area contributed by atoms with Crippen molar-refractivity contribution in [3.05, 3.63) is 38.9 Å². The van der Waals surface area contributed by atoms with Crippen molar-refractivity contribution in [1.29, 1.82) is 0 Å². The molecule has 24 heavy (non-hydrogen) atoms.